The number of hydrogen-bond acceptors (Lipinski definition) is 2. The highest BCUT2D eigenvalue weighted by molar-refractivity contribution is 4.83. The highest BCUT2D eigenvalue weighted by Gasteiger charge is 2.04. The maximum atomic E-state index is 11.8. The van der Waals surface area contributed by atoms with E-state index in [-0.39, 0.29) is 11.7 Å². The standard InChI is InChI=1S/C11H21N3O/c1-10(2)14-9-8-13(11(14)15)7-5-3-4-6-12/h8-10H,3-7,12H2,1-2H3. The maximum Gasteiger partial charge on any atom is 0.328 e. The van der Waals surface area contributed by atoms with Crippen LogP contribution in [0, 0.1) is 0 Å². The number of aryl methyl sites for hydroxylation is 1. The van der Waals surface area contributed by atoms with Crippen molar-refractivity contribution < 1.29 is 0 Å². The Morgan fingerprint density at radius 2 is 2.00 bits per heavy atom. The topological polar surface area (TPSA) is 52.9 Å². The van der Waals surface area contributed by atoms with Crippen LogP contribution in [0.15, 0.2) is 17.2 Å². The Hall–Kier alpha value is -1.03. The lowest BCUT2D eigenvalue weighted by Gasteiger charge is -2.04. The van der Waals surface area contributed by atoms with Gasteiger partial charge in [-0.05, 0) is 33.2 Å². The molecule has 4 nitrogen and oxygen atoms in total. The van der Waals surface area contributed by atoms with E-state index in [0.717, 1.165) is 32.4 Å². The third kappa shape index (κ3) is 3.23. The smallest absolute Gasteiger partial charge is 0.328 e. The van der Waals surface area contributed by atoms with E-state index in [1.807, 2.05) is 26.2 Å². The quantitative estimate of drug-likeness (QED) is 0.722. The Balaban J connectivity index is 2.52. The summed E-state index contributed by atoms with van der Waals surface area (Å²) in [5, 5.41) is 0. The normalized spacial score (nSPS) is 11.2. The molecule has 0 spiro atoms. The van der Waals surface area contributed by atoms with Gasteiger partial charge in [0, 0.05) is 25.0 Å². The second kappa shape index (κ2) is 5.75. The van der Waals surface area contributed by atoms with Gasteiger partial charge in [-0.15, -0.1) is 0 Å². The Morgan fingerprint density at radius 1 is 1.27 bits per heavy atom. The maximum absolute atomic E-state index is 11.8. The number of rotatable bonds is 6. The highest BCUT2D eigenvalue weighted by Crippen LogP contribution is 2.01. The van der Waals surface area contributed by atoms with Crippen LogP contribution in [0.4, 0.5) is 0 Å². The molecule has 0 saturated carbocycles. The Kier molecular flexibility index (Phi) is 4.62. The Morgan fingerprint density at radius 3 is 2.53 bits per heavy atom. The first-order valence-corrected chi connectivity index (χ1v) is 5.64. The van der Waals surface area contributed by atoms with Crippen molar-refractivity contribution >= 4 is 0 Å². The highest BCUT2D eigenvalue weighted by atomic mass is 16.1. The molecule has 2 N–H and O–H groups in total. The summed E-state index contributed by atoms with van der Waals surface area (Å²) in [5.74, 6) is 0. The first kappa shape index (κ1) is 12.0. The van der Waals surface area contributed by atoms with Crippen molar-refractivity contribution in [1.29, 1.82) is 0 Å². The predicted molar refractivity (Wildman–Crippen MR) is 62.0 cm³/mol. The average molecular weight is 211 g/mol. The molecule has 1 heterocycles. The molecule has 0 fully saturated rings. The summed E-state index contributed by atoms with van der Waals surface area (Å²) in [5.41, 5.74) is 5.50. The first-order chi connectivity index (χ1) is 7.16. The fourth-order valence-electron chi connectivity index (χ4n) is 1.59. The number of nitrogens with two attached hydrogens (primary N) is 1. The third-order valence-electron chi connectivity index (χ3n) is 2.53. The van der Waals surface area contributed by atoms with Crippen molar-refractivity contribution in [2.75, 3.05) is 6.54 Å². The van der Waals surface area contributed by atoms with Crippen LogP contribution in [-0.2, 0) is 6.54 Å². The molecule has 0 aliphatic rings. The Bertz CT molecular complexity index is 338. The number of imidazole rings is 1. The number of aromatic nitrogens is 2. The van der Waals surface area contributed by atoms with E-state index < -0.39 is 0 Å². The van der Waals surface area contributed by atoms with Gasteiger partial charge in [-0.1, -0.05) is 6.42 Å². The van der Waals surface area contributed by atoms with E-state index in [0.29, 0.717) is 0 Å². The molecule has 0 saturated heterocycles. The van der Waals surface area contributed by atoms with Crippen LogP contribution in [0.1, 0.15) is 39.2 Å². The lowest BCUT2D eigenvalue weighted by atomic mass is 10.2. The largest absolute Gasteiger partial charge is 0.330 e. The molecule has 0 amide bonds. The van der Waals surface area contributed by atoms with Crippen LogP contribution in [0.25, 0.3) is 0 Å². The minimum atomic E-state index is 0.0951. The van der Waals surface area contributed by atoms with Crippen LogP contribution in [-0.4, -0.2) is 15.7 Å². The van der Waals surface area contributed by atoms with Crippen LogP contribution in [0.5, 0.6) is 0 Å². The summed E-state index contributed by atoms with van der Waals surface area (Å²) in [6.07, 6.45) is 6.88. The summed E-state index contributed by atoms with van der Waals surface area (Å²) >= 11 is 0. The van der Waals surface area contributed by atoms with E-state index in [4.69, 9.17) is 5.73 Å². The molecule has 0 atom stereocenters. The third-order valence-corrected chi connectivity index (χ3v) is 2.53. The zero-order valence-corrected chi connectivity index (χ0v) is 9.65. The van der Waals surface area contributed by atoms with Crippen LogP contribution < -0.4 is 11.4 Å². The molecule has 86 valence electrons. The van der Waals surface area contributed by atoms with E-state index >= 15 is 0 Å². The molecule has 0 unspecified atom stereocenters. The van der Waals surface area contributed by atoms with Crippen molar-refractivity contribution in [3.8, 4) is 0 Å². The second-order valence-corrected chi connectivity index (χ2v) is 4.12. The molecule has 0 aromatic carbocycles. The van der Waals surface area contributed by atoms with Gasteiger partial charge in [0.15, 0.2) is 0 Å². The van der Waals surface area contributed by atoms with Crippen molar-refractivity contribution in [2.45, 2.75) is 45.7 Å². The molecule has 1 aromatic rings. The summed E-state index contributed by atoms with van der Waals surface area (Å²) < 4.78 is 3.53. The van der Waals surface area contributed by atoms with Gasteiger partial charge in [-0.25, -0.2) is 4.79 Å². The Labute approximate surface area is 90.7 Å². The molecule has 0 radical (unpaired) electrons. The van der Waals surface area contributed by atoms with Crippen molar-refractivity contribution in [3.63, 3.8) is 0 Å². The lowest BCUT2D eigenvalue weighted by Crippen LogP contribution is -2.25. The molecule has 4 heteroatoms. The number of nitrogens with zero attached hydrogens (tertiary/aromatic N) is 2. The summed E-state index contributed by atoms with van der Waals surface area (Å²) in [6, 6.07) is 0.239. The van der Waals surface area contributed by atoms with E-state index in [2.05, 4.69) is 0 Å². The summed E-state index contributed by atoms with van der Waals surface area (Å²) in [6.45, 7) is 5.57. The van der Waals surface area contributed by atoms with E-state index in [9.17, 15) is 4.79 Å². The molecule has 15 heavy (non-hydrogen) atoms. The van der Waals surface area contributed by atoms with E-state index in [1.165, 1.54) is 0 Å². The van der Waals surface area contributed by atoms with Crippen LogP contribution >= 0.6 is 0 Å². The number of hydrogen-bond donors (Lipinski definition) is 1. The van der Waals surface area contributed by atoms with Gasteiger partial charge in [-0.3, -0.25) is 9.13 Å². The van der Waals surface area contributed by atoms with Crippen LogP contribution in [0.2, 0.25) is 0 Å². The van der Waals surface area contributed by atoms with Gasteiger partial charge in [-0.2, -0.15) is 0 Å². The van der Waals surface area contributed by atoms with Gasteiger partial charge in [0.25, 0.3) is 0 Å². The predicted octanol–water partition coefficient (Wildman–Crippen LogP) is 1.36. The van der Waals surface area contributed by atoms with Crippen molar-refractivity contribution in [1.82, 2.24) is 9.13 Å². The average Bonchev–Trinajstić information content (AvgIpc) is 2.55. The minimum Gasteiger partial charge on any atom is -0.330 e. The van der Waals surface area contributed by atoms with Crippen molar-refractivity contribution in [3.05, 3.63) is 22.9 Å². The molecule has 0 aliphatic heterocycles. The molecular weight excluding hydrogens is 190 g/mol. The SMILES string of the molecule is CC(C)n1ccn(CCCCCN)c1=O. The molecule has 1 rings (SSSR count). The number of unbranched alkanes of at least 4 members (excludes halogenated alkanes) is 2. The van der Waals surface area contributed by atoms with Gasteiger partial charge < -0.3 is 5.73 Å². The van der Waals surface area contributed by atoms with Gasteiger partial charge in [0.05, 0.1) is 0 Å². The van der Waals surface area contributed by atoms with Gasteiger partial charge in [0.2, 0.25) is 0 Å². The van der Waals surface area contributed by atoms with Gasteiger partial charge in [0.1, 0.15) is 0 Å². The fourth-order valence-corrected chi connectivity index (χ4v) is 1.59. The molecule has 1 aromatic heterocycles. The minimum absolute atomic E-state index is 0.0951. The summed E-state index contributed by atoms with van der Waals surface area (Å²) in [4.78, 5) is 11.8. The molecule has 0 aliphatic carbocycles. The molecular formula is C11H21N3O. The monoisotopic (exact) mass is 211 g/mol. The summed E-state index contributed by atoms with van der Waals surface area (Å²) in [7, 11) is 0. The zero-order valence-electron chi connectivity index (χ0n) is 9.65. The van der Waals surface area contributed by atoms with Crippen LogP contribution in [0.3, 0.4) is 0 Å². The first-order valence-electron chi connectivity index (χ1n) is 5.64. The second-order valence-electron chi connectivity index (χ2n) is 4.12. The lowest BCUT2D eigenvalue weighted by molar-refractivity contribution is 0.531. The molecule has 0 bridgehead atoms. The fraction of sp³-hybridized carbons (Fsp3) is 0.727. The van der Waals surface area contributed by atoms with Crippen molar-refractivity contribution in [2.24, 2.45) is 5.73 Å². The zero-order chi connectivity index (χ0) is 11.3. The van der Waals surface area contributed by atoms with E-state index in [1.54, 1.807) is 9.13 Å². The van der Waals surface area contributed by atoms with Gasteiger partial charge >= 0.3 is 5.69 Å².